The van der Waals surface area contributed by atoms with E-state index >= 15 is 0 Å². The Bertz CT molecular complexity index is 561. The fraction of sp³-hybridized carbons (Fsp3) is 0.533. The van der Waals surface area contributed by atoms with Crippen molar-refractivity contribution >= 4 is 21.6 Å². The number of hydrogen-bond donors (Lipinski definition) is 1. The second-order valence-electron chi connectivity index (χ2n) is 5.42. The summed E-state index contributed by atoms with van der Waals surface area (Å²) in [7, 11) is 0. The molecule has 114 valence electrons. The molecule has 0 aliphatic carbocycles. The summed E-state index contributed by atoms with van der Waals surface area (Å²) < 4.78 is 2.83. The first-order chi connectivity index (χ1) is 10.1. The van der Waals surface area contributed by atoms with Crippen molar-refractivity contribution in [1.29, 1.82) is 0 Å². The summed E-state index contributed by atoms with van der Waals surface area (Å²) in [6.07, 6.45) is 6.10. The fourth-order valence-corrected chi connectivity index (χ4v) is 2.92. The first kappa shape index (κ1) is 15.9. The summed E-state index contributed by atoms with van der Waals surface area (Å²) >= 11 is 3.46. The average Bonchev–Trinajstić information content (AvgIpc) is 2.92. The third-order valence-electron chi connectivity index (χ3n) is 3.56. The standard InChI is InChI=1S/C15H22BrN5/c1-3-4-5-6-7-11(2)21-15(18-19-20-21)12-8-13(16)10-14(17)9-12/h8-11H,3-7,17H2,1-2H3. The predicted octanol–water partition coefficient (Wildman–Crippen LogP) is 4.22. The summed E-state index contributed by atoms with van der Waals surface area (Å²) in [5.41, 5.74) is 7.53. The number of nitrogens with zero attached hydrogens (tertiary/aromatic N) is 4. The van der Waals surface area contributed by atoms with Gasteiger partial charge in [-0.3, -0.25) is 0 Å². The Morgan fingerprint density at radius 3 is 2.76 bits per heavy atom. The molecule has 0 aliphatic heterocycles. The van der Waals surface area contributed by atoms with Crippen LogP contribution in [0.5, 0.6) is 0 Å². The molecular formula is C15H22BrN5. The van der Waals surface area contributed by atoms with Crippen molar-refractivity contribution in [2.45, 2.75) is 52.0 Å². The van der Waals surface area contributed by atoms with Crippen molar-refractivity contribution in [2.75, 3.05) is 5.73 Å². The van der Waals surface area contributed by atoms with Gasteiger partial charge in [0, 0.05) is 15.7 Å². The highest BCUT2D eigenvalue weighted by atomic mass is 79.9. The molecule has 0 bridgehead atoms. The van der Waals surface area contributed by atoms with Crippen molar-refractivity contribution in [3.63, 3.8) is 0 Å². The van der Waals surface area contributed by atoms with Crippen LogP contribution < -0.4 is 5.73 Å². The molecule has 0 saturated heterocycles. The molecule has 2 rings (SSSR count). The van der Waals surface area contributed by atoms with E-state index in [0.717, 1.165) is 22.3 Å². The number of tetrazole rings is 1. The van der Waals surface area contributed by atoms with E-state index in [1.165, 1.54) is 25.7 Å². The lowest BCUT2D eigenvalue weighted by Gasteiger charge is -2.13. The summed E-state index contributed by atoms with van der Waals surface area (Å²) in [5.74, 6) is 0.769. The Kier molecular flexibility index (Phi) is 5.73. The van der Waals surface area contributed by atoms with Crippen LogP contribution in [0.2, 0.25) is 0 Å². The van der Waals surface area contributed by atoms with E-state index < -0.39 is 0 Å². The van der Waals surface area contributed by atoms with Gasteiger partial charge in [0.05, 0.1) is 6.04 Å². The lowest BCUT2D eigenvalue weighted by Crippen LogP contribution is -2.09. The third-order valence-corrected chi connectivity index (χ3v) is 4.02. The second-order valence-corrected chi connectivity index (χ2v) is 6.33. The van der Waals surface area contributed by atoms with E-state index in [1.54, 1.807) is 0 Å². The third kappa shape index (κ3) is 4.27. The van der Waals surface area contributed by atoms with Gasteiger partial charge in [-0.2, -0.15) is 0 Å². The summed E-state index contributed by atoms with van der Waals surface area (Å²) in [5, 5.41) is 12.1. The van der Waals surface area contributed by atoms with Crippen molar-refractivity contribution < 1.29 is 0 Å². The van der Waals surface area contributed by atoms with Gasteiger partial charge >= 0.3 is 0 Å². The van der Waals surface area contributed by atoms with E-state index in [4.69, 9.17) is 5.73 Å². The minimum Gasteiger partial charge on any atom is -0.399 e. The minimum atomic E-state index is 0.284. The van der Waals surface area contributed by atoms with Gasteiger partial charge in [0.15, 0.2) is 5.82 Å². The predicted molar refractivity (Wildman–Crippen MR) is 88.8 cm³/mol. The zero-order valence-corrected chi connectivity index (χ0v) is 14.2. The molecule has 0 amide bonds. The van der Waals surface area contributed by atoms with Crippen LogP contribution in [-0.4, -0.2) is 20.2 Å². The molecular weight excluding hydrogens is 330 g/mol. The number of nitrogens with two attached hydrogens (primary N) is 1. The maximum Gasteiger partial charge on any atom is 0.182 e. The molecule has 2 aromatic rings. The average molecular weight is 352 g/mol. The van der Waals surface area contributed by atoms with Crippen molar-refractivity contribution in [2.24, 2.45) is 0 Å². The van der Waals surface area contributed by atoms with Gasteiger partial charge in [0.25, 0.3) is 0 Å². The molecule has 0 radical (unpaired) electrons. The van der Waals surface area contributed by atoms with Crippen molar-refractivity contribution in [3.8, 4) is 11.4 Å². The number of anilines is 1. The Labute approximate surface area is 134 Å². The molecule has 2 N–H and O–H groups in total. The topological polar surface area (TPSA) is 69.6 Å². The van der Waals surface area contributed by atoms with Gasteiger partial charge in [-0.05, 0) is 42.0 Å². The Morgan fingerprint density at radius 2 is 2.05 bits per heavy atom. The lowest BCUT2D eigenvalue weighted by atomic mass is 10.1. The van der Waals surface area contributed by atoms with Crippen LogP contribution in [0.1, 0.15) is 52.0 Å². The minimum absolute atomic E-state index is 0.284. The number of nitrogen functional groups attached to an aromatic ring is 1. The quantitative estimate of drug-likeness (QED) is 0.598. The zero-order valence-electron chi connectivity index (χ0n) is 12.6. The van der Waals surface area contributed by atoms with Crippen molar-refractivity contribution in [1.82, 2.24) is 20.2 Å². The first-order valence-corrected chi connectivity index (χ1v) is 8.25. The monoisotopic (exact) mass is 351 g/mol. The Hall–Kier alpha value is -1.43. The van der Waals surface area contributed by atoms with E-state index in [2.05, 4.69) is 45.3 Å². The molecule has 21 heavy (non-hydrogen) atoms. The van der Waals surface area contributed by atoms with Crippen LogP contribution in [0.4, 0.5) is 5.69 Å². The highest BCUT2D eigenvalue weighted by Gasteiger charge is 2.15. The van der Waals surface area contributed by atoms with E-state index in [9.17, 15) is 0 Å². The molecule has 0 spiro atoms. The molecule has 0 aliphatic rings. The summed E-state index contributed by atoms with van der Waals surface area (Å²) in [4.78, 5) is 0. The molecule has 1 heterocycles. The van der Waals surface area contributed by atoms with Gasteiger partial charge in [-0.25, -0.2) is 4.68 Å². The molecule has 1 aromatic carbocycles. The number of unbranched alkanes of at least 4 members (excludes halogenated alkanes) is 3. The molecule has 1 aromatic heterocycles. The maximum atomic E-state index is 5.90. The van der Waals surface area contributed by atoms with Crippen LogP contribution >= 0.6 is 15.9 Å². The number of hydrogen-bond acceptors (Lipinski definition) is 4. The maximum absolute atomic E-state index is 5.90. The second kappa shape index (κ2) is 7.54. The molecule has 1 unspecified atom stereocenters. The SMILES string of the molecule is CCCCCCC(C)n1nnnc1-c1cc(N)cc(Br)c1. The van der Waals surface area contributed by atoms with Gasteiger partial charge in [0.2, 0.25) is 0 Å². The van der Waals surface area contributed by atoms with Crippen LogP contribution in [0.25, 0.3) is 11.4 Å². The number of benzene rings is 1. The lowest BCUT2D eigenvalue weighted by molar-refractivity contribution is 0.430. The largest absolute Gasteiger partial charge is 0.399 e. The zero-order chi connectivity index (χ0) is 15.2. The summed E-state index contributed by atoms with van der Waals surface area (Å²) in [6, 6.07) is 6.04. The fourth-order valence-electron chi connectivity index (χ4n) is 2.41. The van der Waals surface area contributed by atoms with Crippen LogP contribution in [0.15, 0.2) is 22.7 Å². The van der Waals surface area contributed by atoms with Crippen LogP contribution in [0.3, 0.4) is 0 Å². The highest BCUT2D eigenvalue weighted by Crippen LogP contribution is 2.27. The van der Waals surface area contributed by atoms with Gasteiger partial charge in [0.1, 0.15) is 0 Å². The van der Waals surface area contributed by atoms with Crippen LogP contribution in [-0.2, 0) is 0 Å². The van der Waals surface area contributed by atoms with Gasteiger partial charge < -0.3 is 5.73 Å². The smallest absolute Gasteiger partial charge is 0.182 e. The summed E-state index contributed by atoms with van der Waals surface area (Å²) in [6.45, 7) is 4.38. The molecule has 0 saturated carbocycles. The van der Waals surface area contributed by atoms with E-state index in [-0.39, 0.29) is 6.04 Å². The Morgan fingerprint density at radius 1 is 1.24 bits per heavy atom. The van der Waals surface area contributed by atoms with E-state index in [0.29, 0.717) is 5.69 Å². The van der Waals surface area contributed by atoms with Gasteiger partial charge in [-0.15, -0.1) is 5.10 Å². The Balaban J connectivity index is 2.14. The molecule has 0 fully saturated rings. The van der Waals surface area contributed by atoms with Crippen molar-refractivity contribution in [3.05, 3.63) is 22.7 Å². The number of halogens is 1. The van der Waals surface area contributed by atoms with Crippen LogP contribution in [0, 0.1) is 0 Å². The number of aromatic nitrogens is 4. The molecule has 1 atom stereocenters. The normalized spacial score (nSPS) is 12.5. The molecule has 6 heteroatoms. The highest BCUT2D eigenvalue weighted by molar-refractivity contribution is 9.10. The molecule has 5 nitrogen and oxygen atoms in total. The first-order valence-electron chi connectivity index (χ1n) is 7.46. The number of rotatable bonds is 7. The van der Waals surface area contributed by atoms with Gasteiger partial charge in [-0.1, -0.05) is 48.5 Å². The van der Waals surface area contributed by atoms with E-state index in [1.807, 2.05) is 22.9 Å².